The molecule has 0 unspecified atom stereocenters. The second-order valence-corrected chi connectivity index (χ2v) is 7.61. The Morgan fingerprint density at radius 1 is 1.17 bits per heavy atom. The minimum absolute atomic E-state index is 0.183. The van der Waals surface area contributed by atoms with Crippen LogP contribution >= 0.6 is 22.9 Å². The van der Waals surface area contributed by atoms with Crippen LogP contribution in [0, 0.1) is 0 Å². The molecule has 8 heteroatoms. The van der Waals surface area contributed by atoms with Crippen LogP contribution in [0.4, 0.5) is 5.69 Å². The average Bonchev–Trinajstić information content (AvgIpc) is 3.31. The smallest absolute Gasteiger partial charge is 0.252 e. The van der Waals surface area contributed by atoms with Crippen LogP contribution in [0.5, 0.6) is 0 Å². The number of benzene rings is 2. The molecule has 0 aliphatic rings. The number of rotatable bonds is 5. The number of carbonyl (C=O) groups excluding carboxylic acids is 2. The van der Waals surface area contributed by atoms with Gasteiger partial charge in [0.15, 0.2) is 4.96 Å². The molecule has 0 spiro atoms. The molecule has 2 aromatic heterocycles. The van der Waals surface area contributed by atoms with E-state index in [0.29, 0.717) is 16.3 Å². The van der Waals surface area contributed by atoms with E-state index >= 15 is 0 Å². The molecule has 0 saturated carbocycles. The number of amides is 2. The summed E-state index contributed by atoms with van der Waals surface area (Å²) in [6, 6.07) is 14.7. The fourth-order valence-corrected chi connectivity index (χ4v) is 4.06. The Labute approximate surface area is 176 Å². The van der Waals surface area contributed by atoms with Gasteiger partial charge in [0.2, 0.25) is 5.91 Å². The molecular weight excluding hydrogens is 408 g/mol. The molecule has 0 radical (unpaired) electrons. The highest BCUT2D eigenvalue weighted by Crippen LogP contribution is 2.24. The maximum atomic E-state index is 12.6. The molecule has 29 heavy (non-hydrogen) atoms. The molecule has 0 aliphatic heterocycles. The molecule has 2 N–H and O–H groups in total. The lowest BCUT2D eigenvalue weighted by atomic mass is 10.2. The monoisotopic (exact) mass is 424 g/mol. The number of thiazole rings is 1. The van der Waals surface area contributed by atoms with E-state index < -0.39 is 0 Å². The van der Waals surface area contributed by atoms with Gasteiger partial charge in [-0.25, -0.2) is 4.98 Å². The normalized spacial score (nSPS) is 10.8. The van der Waals surface area contributed by atoms with Gasteiger partial charge in [-0.05, 0) is 18.2 Å². The number of nitrogens with one attached hydrogen (secondary N) is 2. The maximum Gasteiger partial charge on any atom is 0.252 e. The number of fused-ring (bicyclic) bond motifs is 1. The van der Waals surface area contributed by atoms with Gasteiger partial charge in [-0.1, -0.05) is 41.9 Å². The lowest BCUT2D eigenvalue weighted by molar-refractivity contribution is -0.115. The van der Waals surface area contributed by atoms with Crippen molar-refractivity contribution in [3.05, 3.63) is 76.4 Å². The van der Waals surface area contributed by atoms with E-state index in [1.54, 1.807) is 18.2 Å². The Morgan fingerprint density at radius 2 is 1.97 bits per heavy atom. The summed E-state index contributed by atoms with van der Waals surface area (Å²) in [4.78, 5) is 29.9. The number of hydrogen-bond acceptors (Lipinski definition) is 4. The quantitative estimate of drug-likeness (QED) is 0.502. The molecule has 2 amide bonds. The van der Waals surface area contributed by atoms with Crippen LogP contribution in [0.1, 0.15) is 16.1 Å². The molecule has 0 saturated heterocycles. The lowest BCUT2D eigenvalue weighted by Gasteiger charge is -2.08. The van der Waals surface area contributed by atoms with E-state index in [4.69, 9.17) is 11.6 Å². The molecule has 2 heterocycles. The van der Waals surface area contributed by atoms with Crippen molar-refractivity contribution in [3.8, 4) is 11.3 Å². The van der Waals surface area contributed by atoms with Gasteiger partial charge >= 0.3 is 0 Å². The van der Waals surface area contributed by atoms with Crippen molar-refractivity contribution >= 4 is 45.4 Å². The van der Waals surface area contributed by atoms with Gasteiger partial charge in [0.25, 0.3) is 5.91 Å². The minimum Gasteiger partial charge on any atom is -0.355 e. The zero-order valence-corrected chi connectivity index (χ0v) is 17.1. The molecule has 146 valence electrons. The fourth-order valence-electron chi connectivity index (χ4n) is 2.99. The summed E-state index contributed by atoms with van der Waals surface area (Å²) in [5, 5.41) is 7.61. The second-order valence-electron chi connectivity index (χ2n) is 6.37. The van der Waals surface area contributed by atoms with E-state index in [1.165, 1.54) is 18.4 Å². The number of anilines is 1. The molecule has 4 rings (SSSR count). The predicted octanol–water partition coefficient (Wildman–Crippen LogP) is 4.26. The Morgan fingerprint density at radius 3 is 2.72 bits per heavy atom. The number of halogens is 1. The molecule has 0 fully saturated rings. The van der Waals surface area contributed by atoms with Gasteiger partial charge in [-0.3, -0.25) is 14.0 Å². The molecule has 6 nitrogen and oxygen atoms in total. The third kappa shape index (κ3) is 4.01. The fraction of sp³-hybridized carbons (Fsp3) is 0.0952. The summed E-state index contributed by atoms with van der Waals surface area (Å²) in [7, 11) is 1.53. The largest absolute Gasteiger partial charge is 0.355 e. The summed E-state index contributed by atoms with van der Waals surface area (Å²) in [5.74, 6) is -0.498. The topological polar surface area (TPSA) is 75.5 Å². The van der Waals surface area contributed by atoms with Gasteiger partial charge in [-0.2, -0.15) is 0 Å². The number of imidazole rings is 1. The Bertz CT molecular complexity index is 1200. The van der Waals surface area contributed by atoms with Crippen LogP contribution in [0.15, 0.2) is 60.1 Å². The SMILES string of the molecule is CNC(=O)c1cc(NC(=O)Cc2csc3nc(-c4ccccc4)cn23)ccc1Cl. The van der Waals surface area contributed by atoms with E-state index in [2.05, 4.69) is 15.6 Å². The molecule has 0 atom stereocenters. The highest BCUT2D eigenvalue weighted by molar-refractivity contribution is 7.15. The van der Waals surface area contributed by atoms with Crippen LogP contribution in [-0.2, 0) is 11.2 Å². The van der Waals surface area contributed by atoms with Crippen molar-refractivity contribution in [3.63, 3.8) is 0 Å². The van der Waals surface area contributed by atoms with E-state index in [-0.39, 0.29) is 18.2 Å². The van der Waals surface area contributed by atoms with Crippen LogP contribution in [0.25, 0.3) is 16.2 Å². The predicted molar refractivity (Wildman–Crippen MR) is 116 cm³/mol. The second kappa shape index (κ2) is 8.06. The van der Waals surface area contributed by atoms with Crippen molar-refractivity contribution < 1.29 is 9.59 Å². The first-order chi connectivity index (χ1) is 14.0. The lowest BCUT2D eigenvalue weighted by Crippen LogP contribution is -2.19. The van der Waals surface area contributed by atoms with Crippen LogP contribution in [0.3, 0.4) is 0 Å². The van der Waals surface area contributed by atoms with Gasteiger partial charge in [0, 0.05) is 35.6 Å². The first kappa shape index (κ1) is 19.2. The Hall–Kier alpha value is -3.16. The standard InChI is InChI=1S/C21H17ClN4O2S/c1-23-20(28)16-9-14(7-8-17(16)22)24-19(27)10-15-12-29-21-25-18(11-26(15)21)13-5-3-2-4-6-13/h2-9,11-12H,10H2,1H3,(H,23,28)(H,24,27). The number of aromatic nitrogens is 2. The molecular formula is C21H17ClN4O2S. The number of carbonyl (C=O) groups is 2. The van der Waals surface area contributed by atoms with E-state index in [0.717, 1.165) is 21.9 Å². The van der Waals surface area contributed by atoms with Crippen molar-refractivity contribution in [2.45, 2.75) is 6.42 Å². The highest BCUT2D eigenvalue weighted by Gasteiger charge is 2.14. The van der Waals surface area contributed by atoms with Crippen LogP contribution < -0.4 is 10.6 Å². The minimum atomic E-state index is -0.308. The first-order valence-electron chi connectivity index (χ1n) is 8.87. The molecule has 0 bridgehead atoms. The Kier molecular flexibility index (Phi) is 5.33. The summed E-state index contributed by atoms with van der Waals surface area (Å²) >= 11 is 7.55. The van der Waals surface area contributed by atoms with E-state index in [9.17, 15) is 9.59 Å². The van der Waals surface area contributed by atoms with E-state index in [1.807, 2.05) is 46.3 Å². The van der Waals surface area contributed by atoms with Crippen molar-refractivity contribution in [2.75, 3.05) is 12.4 Å². The van der Waals surface area contributed by atoms with Crippen LogP contribution in [-0.4, -0.2) is 28.2 Å². The highest BCUT2D eigenvalue weighted by atomic mass is 35.5. The van der Waals surface area contributed by atoms with Gasteiger partial charge in [0.1, 0.15) is 0 Å². The zero-order chi connectivity index (χ0) is 20.4. The van der Waals surface area contributed by atoms with Gasteiger partial charge in [-0.15, -0.1) is 11.3 Å². The van der Waals surface area contributed by atoms with Crippen molar-refractivity contribution in [1.29, 1.82) is 0 Å². The molecule has 4 aromatic rings. The molecule has 2 aromatic carbocycles. The molecule has 0 aliphatic carbocycles. The maximum absolute atomic E-state index is 12.6. The van der Waals surface area contributed by atoms with Crippen molar-refractivity contribution in [2.24, 2.45) is 0 Å². The average molecular weight is 425 g/mol. The summed E-state index contributed by atoms with van der Waals surface area (Å²) in [5.41, 5.74) is 3.57. The van der Waals surface area contributed by atoms with Gasteiger partial charge < -0.3 is 10.6 Å². The summed E-state index contributed by atoms with van der Waals surface area (Å²) in [6.45, 7) is 0. The number of nitrogens with zero attached hydrogens (tertiary/aromatic N) is 2. The summed E-state index contributed by atoms with van der Waals surface area (Å²) in [6.07, 6.45) is 2.12. The van der Waals surface area contributed by atoms with Crippen LogP contribution in [0.2, 0.25) is 5.02 Å². The summed E-state index contributed by atoms with van der Waals surface area (Å²) < 4.78 is 1.93. The number of hydrogen-bond donors (Lipinski definition) is 2. The zero-order valence-electron chi connectivity index (χ0n) is 15.5. The third-order valence-electron chi connectivity index (χ3n) is 4.42. The van der Waals surface area contributed by atoms with Crippen molar-refractivity contribution in [1.82, 2.24) is 14.7 Å². The van der Waals surface area contributed by atoms with Gasteiger partial charge in [0.05, 0.1) is 22.7 Å². The first-order valence-corrected chi connectivity index (χ1v) is 10.1. The Balaban J connectivity index is 1.52. The third-order valence-corrected chi connectivity index (χ3v) is 5.63.